The van der Waals surface area contributed by atoms with E-state index < -0.39 is 6.36 Å². The minimum absolute atomic E-state index is 0.290. The lowest BCUT2D eigenvalue weighted by Gasteiger charge is -2.26. The highest BCUT2D eigenvalue weighted by atomic mass is 19.4. The fourth-order valence-corrected chi connectivity index (χ4v) is 3.64. The number of hydrogen-bond acceptors (Lipinski definition) is 7. The van der Waals surface area contributed by atoms with E-state index in [1.54, 1.807) is 6.07 Å². The number of ether oxygens (including phenoxy) is 2. The minimum atomic E-state index is -4.72. The third-order valence-corrected chi connectivity index (χ3v) is 5.28. The summed E-state index contributed by atoms with van der Waals surface area (Å²) in [6.45, 7) is 3.91. The molecule has 2 N–H and O–H groups in total. The molecular formula is C24H26F3N5O2. The van der Waals surface area contributed by atoms with Crippen molar-refractivity contribution in [1.82, 2.24) is 14.9 Å². The molecule has 1 saturated heterocycles. The van der Waals surface area contributed by atoms with Crippen LogP contribution in [0.5, 0.6) is 11.5 Å². The summed E-state index contributed by atoms with van der Waals surface area (Å²) in [5.41, 5.74) is 1.40. The van der Waals surface area contributed by atoms with Crippen LogP contribution in [0.1, 0.15) is 19.3 Å². The highest BCUT2D eigenvalue weighted by Crippen LogP contribution is 2.26. The average molecular weight is 473 g/mol. The number of nitrogens with one attached hydrogen (secondary N) is 2. The molecule has 3 aromatic rings. The molecule has 0 aliphatic carbocycles. The molecule has 2 heterocycles. The van der Waals surface area contributed by atoms with Gasteiger partial charge in [-0.15, -0.1) is 13.2 Å². The first-order valence-corrected chi connectivity index (χ1v) is 11.1. The Kier molecular flexibility index (Phi) is 7.69. The van der Waals surface area contributed by atoms with Crippen LogP contribution >= 0.6 is 0 Å². The maximum atomic E-state index is 12.3. The van der Waals surface area contributed by atoms with Gasteiger partial charge in [-0.25, -0.2) is 9.97 Å². The summed E-state index contributed by atoms with van der Waals surface area (Å²) in [6.07, 6.45) is 0.529. The molecule has 1 aliphatic rings. The maximum absolute atomic E-state index is 12.3. The second-order valence-corrected chi connectivity index (χ2v) is 7.89. The summed E-state index contributed by atoms with van der Waals surface area (Å²) in [5, 5.41) is 6.23. The molecule has 7 nitrogen and oxygen atoms in total. The molecule has 0 saturated carbocycles. The van der Waals surface area contributed by atoms with Crippen molar-refractivity contribution in [1.29, 1.82) is 0 Å². The van der Waals surface area contributed by atoms with E-state index in [1.807, 2.05) is 24.3 Å². The van der Waals surface area contributed by atoms with Crippen LogP contribution in [0.2, 0.25) is 0 Å². The van der Waals surface area contributed by atoms with Crippen LogP contribution < -0.4 is 20.1 Å². The summed E-state index contributed by atoms with van der Waals surface area (Å²) >= 11 is 0. The van der Waals surface area contributed by atoms with Crippen LogP contribution in [-0.4, -0.2) is 47.5 Å². The van der Waals surface area contributed by atoms with Crippen LogP contribution in [0.3, 0.4) is 0 Å². The van der Waals surface area contributed by atoms with Gasteiger partial charge in [0.2, 0.25) is 0 Å². The molecule has 0 atom stereocenters. The molecule has 0 unspecified atom stereocenters. The largest absolute Gasteiger partial charge is 0.573 e. The van der Waals surface area contributed by atoms with Gasteiger partial charge in [-0.2, -0.15) is 0 Å². The number of halogens is 3. The monoisotopic (exact) mass is 473 g/mol. The number of likely N-dealkylation sites (tertiary alicyclic amines) is 1. The first-order valence-electron chi connectivity index (χ1n) is 11.1. The van der Waals surface area contributed by atoms with Crippen molar-refractivity contribution < 1.29 is 22.6 Å². The van der Waals surface area contributed by atoms with Gasteiger partial charge in [0.25, 0.3) is 0 Å². The van der Waals surface area contributed by atoms with E-state index in [0.29, 0.717) is 23.9 Å². The van der Waals surface area contributed by atoms with Gasteiger partial charge in [0.1, 0.15) is 36.1 Å². The molecule has 1 fully saturated rings. The molecule has 1 aliphatic heterocycles. The van der Waals surface area contributed by atoms with E-state index >= 15 is 0 Å². The Morgan fingerprint density at radius 1 is 0.794 bits per heavy atom. The number of benzene rings is 2. The van der Waals surface area contributed by atoms with Gasteiger partial charge in [-0.1, -0.05) is 6.42 Å². The Labute approximate surface area is 195 Å². The summed E-state index contributed by atoms with van der Waals surface area (Å²) < 4.78 is 46.6. The standard InChI is InChI=1S/C24H26F3N5O2/c25-24(26,27)34-21-10-6-19(7-11-21)31-23-16-22(28-17-29-23)30-18-4-8-20(9-5-18)33-15-14-32-12-2-1-3-13-32/h4-11,16-17H,1-3,12-15H2,(H2,28,29,30,31). The van der Waals surface area contributed by atoms with Crippen LogP contribution in [0, 0.1) is 0 Å². The van der Waals surface area contributed by atoms with Crippen molar-refractivity contribution in [3.05, 3.63) is 60.9 Å². The number of piperidine rings is 1. The Hall–Kier alpha value is -3.53. The normalized spacial score (nSPS) is 14.4. The molecule has 2 aromatic carbocycles. The predicted molar refractivity (Wildman–Crippen MR) is 124 cm³/mol. The van der Waals surface area contributed by atoms with E-state index in [-0.39, 0.29) is 5.75 Å². The summed E-state index contributed by atoms with van der Waals surface area (Å²) in [4.78, 5) is 10.8. The van der Waals surface area contributed by atoms with Gasteiger partial charge in [-0.3, -0.25) is 4.90 Å². The highest BCUT2D eigenvalue weighted by molar-refractivity contribution is 5.63. The van der Waals surface area contributed by atoms with Crippen LogP contribution in [0.4, 0.5) is 36.2 Å². The second-order valence-electron chi connectivity index (χ2n) is 7.89. The van der Waals surface area contributed by atoms with Crippen molar-refractivity contribution in [2.45, 2.75) is 25.6 Å². The van der Waals surface area contributed by atoms with Crippen molar-refractivity contribution in [2.24, 2.45) is 0 Å². The van der Waals surface area contributed by atoms with Crippen molar-refractivity contribution in [2.75, 3.05) is 36.9 Å². The van der Waals surface area contributed by atoms with Gasteiger partial charge in [0.15, 0.2) is 0 Å². The van der Waals surface area contributed by atoms with Gasteiger partial charge in [-0.05, 0) is 74.5 Å². The molecule has 1 aromatic heterocycles. The van der Waals surface area contributed by atoms with Crippen molar-refractivity contribution in [3.8, 4) is 11.5 Å². The van der Waals surface area contributed by atoms with Crippen molar-refractivity contribution >= 4 is 23.0 Å². The number of anilines is 4. The second kappa shape index (κ2) is 11.1. The number of rotatable bonds is 9. The zero-order valence-corrected chi connectivity index (χ0v) is 18.5. The third-order valence-electron chi connectivity index (χ3n) is 5.28. The Bertz CT molecular complexity index is 1040. The van der Waals surface area contributed by atoms with E-state index in [2.05, 4.69) is 30.2 Å². The molecule has 0 spiro atoms. The lowest BCUT2D eigenvalue weighted by Crippen LogP contribution is -2.33. The fourth-order valence-electron chi connectivity index (χ4n) is 3.64. The quantitative estimate of drug-likeness (QED) is 0.411. The molecule has 0 amide bonds. The lowest BCUT2D eigenvalue weighted by atomic mass is 10.1. The first-order chi connectivity index (χ1) is 16.4. The minimum Gasteiger partial charge on any atom is -0.492 e. The van der Waals surface area contributed by atoms with E-state index in [9.17, 15) is 13.2 Å². The SMILES string of the molecule is FC(F)(F)Oc1ccc(Nc2cc(Nc3ccc(OCCN4CCCCC4)cc3)ncn2)cc1. The van der Waals surface area contributed by atoms with Crippen LogP contribution in [-0.2, 0) is 0 Å². The zero-order chi connectivity index (χ0) is 23.8. The smallest absolute Gasteiger partial charge is 0.492 e. The van der Waals surface area contributed by atoms with Gasteiger partial charge >= 0.3 is 6.36 Å². The first kappa shape index (κ1) is 23.6. The fraction of sp³-hybridized carbons (Fsp3) is 0.333. The Balaban J connectivity index is 1.28. The van der Waals surface area contributed by atoms with Gasteiger partial charge in [0, 0.05) is 24.0 Å². The highest BCUT2D eigenvalue weighted by Gasteiger charge is 2.30. The molecule has 0 bridgehead atoms. The third kappa shape index (κ3) is 7.51. The Morgan fingerprint density at radius 3 is 1.91 bits per heavy atom. The van der Waals surface area contributed by atoms with E-state index in [0.717, 1.165) is 31.1 Å². The van der Waals surface area contributed by atoms with Crippen LogP contribution in [0.25, 0.3) is 0 Å². The average Bonchev–Trinajstić information content (AvgIpc) is 2.82. The van der Waals surface area contributed by atoms with Gasteiger partial charge in [0.05, 0.1) is 0 Å². The number of aromatic nitrogens is 2. The Morgan fingerprint density at radius 2 is 1.35 bits per heavy atom. The molecule has 4 rings (SSSR count). The number of hydrogen-bond donors (Lipinski definition) is 2. The predicted octanol–water partition coefficient (Wildman–Crippen LogP) is 5.73. The zero-order valence-electron chi connectivity index (χ0n) is 18.5. The maximum Gasteiger partial charge on any atom is 0.573 e. The molecule has 0 radical (unpaired) electrons. The lowest BCUT2D eigenvalue weighted by molar-refractivity contribution is -0.274. The number of alkyl halides is 3. The van der Waals surface area contributed by atoms with Gasteiger partial charge < -0.3 is 20.1 Å². The summed E-state index contributed by atoms with van der Waals surface area (Å²) in [7, 11) is 0. The summed E-state index contributed by atoms with van der Waals surface area (Å²) in [5.74, 6) is 1.57. The summed E-state index contributed by atoms with van der Waals surface area (Å²) in [6, 6.07) is 14.7. The molecule has 10 heteroatoms. The van der Waals surface area contributed by atoms with E-state index in [1.165, 1.54) is 49.9 Å². The molecular weight excluding hydrogens is 447 g/mol. The van der Waals surface area contributed by atoms with E-state index in [4.69, 9.17) is 4.74 Å². The topological polar surface area (TPSA) is 71.5 Å². The number of nitrogens with zero attached hydrogens (tertiary/aromatic N) is 3. The van der Waals surface area contributed by atoms with Crippen LogP contribution in [0.15, 0.2) is 60.9 Å². The van der Waals surface area contributed by atoms with Crippen molar-refractivity contribution in [3.63, 3.8) is 0 Å². The molecule has 34 heavy (non-hydrogen) atoms. The molecule has 180 valence electrons.